The molecule has 0 radical (unpaired) electrons. The van der Waals surface area contributed by atoms with Gasteiger partial charge in [0.25, 0.3) is 0 Å². The van der Waals surface area contributed by atoms with Crippen molar-refractivity contribution in [3.8, 4) is 0 Å². The van der Waals surface area contributed by atoms with E-state index in [1.165, 1.54) is 38.5 Å². The first-order chi connectivity index (χ1) is 8.31. The summed E-state index contributed by atoms with van der Waals surface area (Å²) in [5, 5.41) is 17.9. The van der Waals surface area contributed by atoms with Gasteiger partial charge in [0.1, 0.15) is 0 Å². The maximum absolute atomic E-state index is 9.29. The Morgan fingerprint density at radius 1 is 1.00 bits per heavy atom. The van der Waals surface area contributed by atoms with Gasteiger partial charge in [-0.3, -0.25) is 0 Å². The molecule has 1 atom stereocenters. The van der Waals surface area contributed by atoms with Crippen LogP contribution in [0.5, 0.6) is 0 Å². The van der Waals surface area contributed by atoms with Crippen molar-refractivity contribution in [2.45, 2.75) is 64.4 Å². The first-order valence-electron chi connectivity index (χ1n) is 6.93. The van der Waals surface area contributed by atoms with Crippen molar-refractivity contribution in [3.63, 3.8) is 0 Å². The average molecular weight is 240 g/mol. The van der Waals surface area contributed by atoms with Gasteiger partial charge >= 0.3 is 0 Å². The molecule has 0 aliphatic rings. The fraction of sp³-hybridized carbons (Fsp3) is 0.733. The molecule has 0 aliphatic heterocycles. The molecule has 2 nitrogen and oxygen atoms in total. The second-order valence-corrected chi connectivity index (χ2v) is 4.45. The summed E-state index contributed by atoms with van der Waals surface area (Å²) in [6, 6.07) is 0. The van der Waals surface area contributed by atoms with Gasteiger partial charge in [0.05, 0.1) is 6.10 Å². The zero-order chi connectivity index (χ0) is 12.8. The maximum atomic E-state index is 9.29. The smallest absolute Gasteiger partial charge is 0.0745 e. The summed E-state index contributed by atoms with van der Waals surface area (Å²) in [6.45, 7) is 2.27. The van der Waals surface area contributed by atoms with Crippen LogP contribution in [0.25, 0.3) is 0 Å². The Morgan fingerprint density at radius 3 is 2.41 bits per heavy atom. The molecule has 2 N–H and O–H groups in total. The topological polar surface area (TPSA) is 40.5 Å². The van der Waals surface area contributed by atoms with Gasteiger partial charge in [-0.25, -0.2) is 0 Å². The van der Waals surface area contributed by atoms with Crippen LogP contribution in [0.3, 0.4) is 0 Å². The average Bonchev–Trinajstić information content (AvgIpc) is 2.32. The number of hydrogen-bond donors (Lipinski definition) is 2. The molecule has 2 heteroatoms. The lowest BCUT2D eigenvalue weighted by Gasteiger charge is -1.99. The lowest BCUT2D eigenvalue weighted by molar-refractivity contribution is 0.170. The van der Waals surface area contributed by atoms with E-state index >= 15 is 0 Å². The standard InChI is InChI=1S/C15H28O2/c1-2-3-4-5-6-7-8-9-10-11-12-15(17)13-14-16/h9-12,15-17H,2-8,13-14H2,1H3/b10-9-,12-11+/t15-/m1/s1. The Hall–Kier alpha value is -0.600. The Balaban J connectivity index is 3.30. The molecule has 0 unspecified atom stereocenters. The highest BCUT2D eigenvalue weighted by Crippen LogP contribution is 2.07. The normalized spacial score (nSPS) is 13.8. The predicted octanol–water partition coefficient (Wildman–Crippen LogP) is 3.59. The second-order valence-electron chi connectivity index (χ2n) is 4.45. The molecule has 17 heavy (non-hydrogen) atoms. The Morgan fingerprint density at radius 2 is 1.71 bits per heavy atom. The van der Waals surface area contributed by atoms with Crippen LogP contribution in [0.2, 0.25) is 0 Å². The van der Waals surface area contributed by atoms with Gasteiger partial charge in [-0.15, -0.1) is 0 Å². The van der Waals surface area contributed by atoms with Crippen LogP contribution in [0.4, 0.5) is 0 Å². The van der Waals surface area contributed by atoms with Crippen LogP contribution in [-0.4, -0.2) is 22.9 Å². The number of unbranched alkanes of at least 4 members (excludes halogenated alkanes) is 6. The van der Waals surface area contributed by atoms with Gasteiger partial charge in [0, 0.05) is 6.61 Å². The molecule has 0 saturated carbocycles. The Bertz CT molecular complexity index is 197. The minimum Gasteiger partial charge on any atom is -0.396 e. The van der Waals surface area contributed by atoms with Crippen molar-refractivity contribution < 1.29 is 10.2 Å². The molecule has 0 aromatic rings. The quantitative estimate of drug-likeness (QED) is 0.428. The molecule has 0 spiro atoms. The van der Waals surface area contributed by atoms with Gasteiger partial charge in [-0.1, -0.05) is 63.3 Å². The SMILES string of the molecule is CCCCCCCC/C=C\C=C\[C@@H](O)CCO. The van der Waals surface area contributed by atoms with E-state index in [-0.39, 0.29) is 6.61 Å². The molecule has 0 aromatic heterocycles. The van der Waals surface area contributed by atoms with Gasteiger partial charge in [-0.05, 0) is 19.3 Å². The maximum Gasteiger partial charge on any atom is 0.0745 e. The molecule has 0 saturated heterocycles. The summed E-state index contributed by atoms with van der Waals surface area (Å²) < 4.78 is 0. The summed E-state index contributed by atoms with van der Waals surface area (Å²) in [7, 11) is 0. The van der Waals surface area contributed by atoms with Crippen LogP contribution in [0, 0.1) is 0 Å². The fourth-order valence-corrected chi connectivity index (χ4v) is 1.64. The highest BCUT2D eigenvalue weighted by atomic mass is 16.3. The third-order valence-electron chi connectivity index (χ3n) is 2.73. The molecule has 0 rings (SSSR count). The fourth-order valence-electron chi connectivity index (χ4n) is 1.64. The van der Waals surface area contributed by atoms with E-state index in [0.717, 1.165) is 6.42 Å². The van der Waals surface area contributed by atoms with E-state index < -0.39 is 6.10 Å². The summed E-state index contributed by atoms with van der Waals surface area (Å²) in [6.07, 6.45) is 16.7. The van der Waals surface area contributed by atoms with E-state index in [9.17, 15) is 5.11 Å². The van der Waals surface area contributed by atoms with Crippen LogP contribution >= 0.6 is 0 Å². The van der Waals surface area contributed by atoms with E-state index in [1.807, 2.05) is 12.2 Å². The van der Waals surface area contributed by atoms with Gasteiger partial charge in [-0.2, -0.15) is 0 Å². The van der Waals surface area contributed by atoms with Crippen LogP contribution in [-0.2, 0) is 0 Å². The molecular formula is C15H28O2. The van der Waals surface area contributed by atoms with E-state index in [1.54, 1.807) is 6.08 Å². The number of rotatable bonds is 11. The van der Waals surface area contributed by atoms with Crippen molar-refractivity contribution in [2.75, 3.05) is 6.61 Å². The Labute approximate surface area is 106 Å². The number of hydrogen-bond acceptors (Lipinski definition) is 2. The first kappa shape index (κ1) is 16.4. The van der Waals surface area contributed by atoms with E-state index in [2.05, 4.69) is 13.0 Å². The molecule has 0 aromatic carbocycles. The number of allylic oxidation sites excluding steroid dienone is 3. The van der Waals surface area contributed by atoms with Crippen LogP contribution in [0.15, 0.2) is 24.3 Å². The molecule has 0 amide bonds. The largest absolute Gasteiger partial charge is 0.396 e. The van der Waals surface area contributed by atoms with Crippen LogP contribution in [0.1, 0.15) is 58.3 Å². The first-order valence-corrected chi connectivity index (χ1v) is 6.93. The highest BCUT2D eigenvalue weighted by Gasteiger charge is 1.94. The predicted molar refractivity (Wildman–Crippen MR) is 74.0 cm³/mol. The van der Waals surface area contributed by atoms with Crippen molar-refractivity contribution in [2.24, 2.45) is 0 Å². The van der Waals surface area contributed by atoms with Gasteiger partial charge in [0.2, 0.25) is 0 Å². The number of aliphatic hydroxyl groups is 2. The van der Waals surface area contributed by atoms with E-state index in [4.69, 9.17) is 5.11 Å². The summed E-state index contributed by atoms with van der Waals surface area (Å²) in [5.41, 5.74) is 0. The monoisotopic (exact) mass is 240 g/mol. The molecule has 100 valence electrons. The molecule has 0 heterocycles. The van der Waals surface area contributed by atoms with Gasteiger partial charge in [0.15, 0.2) is 0 Å². The summed E-state index contributed by atoms with van der Waals surface area (Å²) in [5.74, 6) is 0. The highest BCUT2D eigenvalue weighted by molar-refractivity contribution is 5.04. The van der Waals surface area contributed by atoms with E-state index in [0.29, 0.717) is 6.42 Å². The molecular weight excluding hydrogens is 212 g/mol. The lowest BCUT2D eigenvalue weighted by Crippen LogP contribution is -2.03. The minimum absolute atomic E-state index is 0.0347. The van der Waals surface area contributed by atoms with Crippen molar-refractivity contribution in [1.82, 2.24) is 0 Å². The number of aliphatic hydroxyl groups excluding tert-OH is 2. The van der Waals surface area contributed by atoms with Crippen molar-refractivity contribution in [3.05, 3.63) is 24.3 Å². The van der Waals surface area contributed by atoms with Gasteiger partial charge < -0.3 is 10.2 Å². The minimum atomic E-state index is -0.515. The zero-order valence-electron chi connectivity index (χ0n) is 11.1. The third-order valence-corrected chi connectivity index (χ3v) is 2.73. The molecule has 0 aliphatic carbocycles. The molecule has 0 bridgehead atoms. The van der Waals surface area contributed by atoms with Crippen molar-refractivity contribution in [1.29, 1.82) is 0 Å². The summed E-state index contributed by atoms with van der Waals surface area (Å²) >= 11 is 0. The third kappa shape index (κ3) is 13.3. The second kappa shape index (κ2) is 13.5. The van der Waals surface area contributed by atoms with Crippen LogP contribution < -0.4 is 0 Å². The van der Waals surface area contributed by atoms with Crippen molar-refractivity contribution >= 4 is 0 Å². The Kier molecular flexibility index (Phi) is 13.0. The summed E-state index contributed by atoms with van der Waals surface area (Å²) in [4.78, 5) is 0. The molecule has 0 fully saturated rings. The zero-order valence-corrected chi connectivity index (χ0v) is 11.1. The lowest BCUT2D eigenvalue weighted by atomic mass is 10.1.